The van der Waals surface area contributed by atoms with Crippen molar-refractivity contribution in [1.29, 1.82) is 0 Å². The smallest absolute Gasteiger partial charge is 0.250 e. The first kappa shape index (κ1) is 19.7. The van der Waals surface area contributed by atoms with Gasteiger partial charge in [-0.3, -0.25) is 10.1 Å². The summed E-state index contributed by atoms with van der Waals surface area (Å²) in [4.78, 5) is 11.9. The minimum atomic E-state index is -0.282. The van der Waals surface area contributed by atoms with Gasteiger partial charge in [0.15, 0.2) is 5.11 Å². The van der Waals surface area contributed by atoms with Crippen molar-refractivity contribution in [2.45, 2.75) is 20.3 Å². The maximum atomic E-state index is 11.9. The van der Waals surface area contributed by atoms with Crippen molar-refractivity contribution in [3.63, 3.8) is 0 Å². The number of ether oxygens (including phenoxy) is 1. The van der Waals surface area contributed by atoms with Gasteiger partial charge in [0, 0.05) is 17.8 Å². The molecule has 2 aromatic carbocycles. The summed E-state index contributed by atoms with van der Waals surface area (Å²) in [7, 11) is 0. The van der Waals surface area contributed by atoms with Gasteiger partial charge >= 0.3 is 0 Å². The number of amides is 1. The fourth-order valence-electron chi connectivity index (χ4n) is 2.13. The van der Waals surface area contributed by atoms with E-state index in [1.165, 1.54) is 6.08 Å². The average molecular weight is 369 g/mol. The van der Waals surface area contributed by atoms with Crippen LogP contribution in [0.15, 0.2) is 60.7 Å². The number of nitrogens with one attached hydrogen (secondary N) is 2. The number of hydrogen-bond acceptors (Lipinski definition) is 3. The van der Waals surface area contributed by atoms with Crippen LogP contribution in [0.4, 0.5) is 5.69 Å². The van der Waals surface area contributed by atoms with Crippen LogP contribution < -0.4 is 15.4 Å². The van der Waals surface area contributed by atoms with Gasteiger partial charge in [-0.2, -0.15) is 0 Å². The van der Waals surface area contributed by atoms with Gasteiger partial charge in [-0.25, -0.2) is 0 Å². The second-order valence-corrected chi connectivity index (χ2v) is 6.65. The van der Waals surface area contributed by atoms with Crippen molar-refractivity contribution in [2.75, 3.05) is 11.9 Å². The van der Waals surface area contributed by atoms with E-state index in [-0.39, 0.29) is 11.0 Å². The summed E-state index contributed by atoms with van der Waals surface area (Å²) in [5, 5.41) is 5.87. The molecule has 2 rings (SSSR count). The molecular formula is C21H24N2O2S. The molecule has 0 aliphatic heterocycles. The molecule has 136 valence electrons. The number of hydrogen-bond donors (Lipinski definition) is 2. The fourth-order valence-corrected chi connectivity index (χ4v) is 2.35. The monoisotopic (exact) mass is 368 g/mol. The number of carbonyl (C=O) groups is 1. The lowest BCUT2D eigenvalue weighted by atomic mass is 10.1. The lowest BCUT2D eigenvalue weighted by Crippen LogP contribution is -2.32. The summed E-state index contributed by atoms with van der Waals surface area (Å²) in [6, 6.07) is 17.1. The van der Waals surface area contributed by atoms with Crippen LogP contribution in [0.1, 0.15) is 25.8 Å². The van der Waals surface area contributed by atoms with E-state index < -0.39 is 0 Å². The van der Waals surface area contributed by atoms with E-state index in [0.717, 1.165) is 23.4 Å². The molecular weight excluding hydrogens is 344 g/mol. The Kier molecular flexibility index (Phi) is 7.83. The molecule has 5 heteroatoms. The Bertz CT molecular complexity index is 758. The minimum Gasteiger partial charge on any atom is -0.494 e. The molecule has 2 aromatic rings. The van der Waals surface area contributed by atoms with Gasteiger partial charge < -0.3 is 10.1 Å². The lowest BCUT2D eigenvalue weighted by Gasteiger charge is -2.11. The summed E-state index contributed by atoms with van der Waals surface area (Å²) in [5.74, 6) is 1.09. The number of carbonyl (C=O) groups excluding carboxylic acids is 1. The van der Waals surface area contributed by atoms with Gasteiger partial charge in [-0.05, 0) is 48.3 Å². The van der Waals surface area contributed by atoms with E-state index in [9.17, 15) is 4.79 Å². The predicted octanol–water partition coefficient (Wildman–Crippen LogP) is 4.64. The molecule has 0 spiro atoms. The van der Waals surface area contributed by atoms with Crippen LogP contribution in [-0.2, 0) is 4.79 Å². The summed E-state index contributed by atoms with van der Waals surface area (Å²) in [6.45, 7) is 5.00. The van der Waals surface area contributed by atoms with E-state index in [2.05, 4.69) is 24.5 Å². The Morgan fingerprint density at radius 3 is 2.65 bits per heavy atom. The number of benzene rings is 2. The first-order valence-corrected chi connectivity index (χ1v) is 9.01. The SMILES string of the molecule is CC(C)CCOc1cccc(NC(=S)NC(=O)/C=C/c2ccccc2)c1. The third-order valence-corrected chi connectivity index (χ3v) is 3.72. The molecule has 0 aromatic heterocycles. The molecule has 0 unspecified atom stereocenters. The van der Waals surface area contributed by atoms with Crippen molar-refractivity contribution in [3.8, 4) is 5.75 Å². The molecule has 4 nitrogen and oxygen atoms in total. The first-order valence-electron chi connectivity index (χ1n) is 8.61. The maximum Gasteiger partial charge on any atom is 0.250 e. The highest BCUT2D eigenvalue weighted by Gasteiger charge is 2.03. The third-order valence-electron chi connectivity index (χ3n) is 3.52. The zero-order chi connectivity index (χ0) is 18.8. The Morgan fingerprint density at radius 1 is 1.15 bits per heavy atom. The number of rotatable bonds is 7. The molecule has 0 aliphatic carbocycles. The van der Waals surface area contributed by atoms with E-state index in [1.54, 1.807) is 6.08 Å². The van der Waals surface area contributed by atoms with E-state index in [0.29, 0.717) is 12.5 Å². The standard InChI is InChI=1S/C21H24N2O2S/c1-16(2)13-14-25-19-10-6-9-18(15-19)22-21(26)23-20(24)12-11-17-7-4-3-5-8-17/h3-12,15-16H,13-14H2,1-2H3,(H2,22,23,24,26)/b12-11+. The van der Waals surface area contributed by atoms with Crippen LogP contribution in [0, 0.1) is 5.92 Å². The molecule has 0 radical (unpaired) electrons. The zero-order valence-corrected chi connectivity index (χ0v) is 15.9. The number of anilines is 1. The molecule has 0 heterocycles. The highest BCUT2D eigenvalue weighted by atomic mass is 32.1. The quantitative estimate of drug-likeness (QED) is 0.552. The van der Waals surface area contributed by atoms with E-state index in [1.807, 2.05) is 54.6 Å². The van der Waals surface area contributed by atoms with Crippen molar-refractivity contribution in [2.24, 2.45) is 5.92 Å². The van der Waals surface area contributed by atoms with E-state index in [4.69, 9.17) is 17.0 Å². The highest BCUT2D eigenvalue weighted by molar-refractivity contribution is 7.80. The topological polar surface area (TPSA) is 50.4 Å². The van der Waals surface area contributed by atoms with Gasteiger partial charge in [0.2, 0.25) is 5.91 Å². The maximum absolute atomic E-state index is 11.9. The first-order chi connectivity index (χ1) is 12.5. The second-order valence-electron chi connectivity index (χ2n) is 6.25. The molecule has 2 N–H and O–H groups in total. The molecule has 0 saturated carbocycles. The van der Waals surface area contributed by atoms with Gasteiger partial charge in [0.25, 0.3) is 0 Å². The third kappa shape index (κ3) is 7.49. The van der Waals surface area contributed by atoms with Crippen LogP contribution in [-0.4, -0.2) is 17.6 Å². The van der Waals surface area contributed by atoms with Crippen LogP contribution in [0.25, 0.3) is 6.08 Å². The molecule has 0 saturated heterocycles. The summed E-state index contributed by atoms with van der Waals surface area (Å²) >= 11 is 5.19. The Morgan fingerprint density at radius 2 is 1.92 bits per heavy atom. The Hall–Kier alpha value is -2.66. The summed E-state index contributed by atoms with van der Waals surface area (Å²) in [6.07, 6.45) is 4.19. The van der Waals surface area contributed by atoms with E-state index >= 15 is 0 Å². The lowest BCUT2D eigenvalue weighted by molar-refractivity contribution is -0.115. The molecule has 0 bridgehead atoms. The van der Waals surface area contributed by atoms with Gasteiger partial charge in [0.05, 0.1) is 6.61 Å². The molecule has 0 atom stereocenters. The largest absolute Gasteiger partial charge is 0.494 e. The second kappa shape index (κ2) is 10.4. The van der Waals surface area contributed by atoms with Crippen molar-refractivity contribution >= 4 is 35.0 Å². The normalized spacial score (nSPS) is 10.7. The Balaban J connectivity index is 1.83. The molecule has 26 heavy (non-hydrogen) atoms. The summed E-state index contributed by atoms with van der Waals surface area (Å²) in [5.41, 5.74) is 1.72. The molecule has 0 aliphatic rings. The molecule has 1 amide bonds. The van der Waals surface area contributed by atoms with Gasteiger partial charge in [-0.1, -0.05) is 50.2 Å². The van der Waals surface area contributed by atoms with Gasteiger partial charge in [0.1, 0.15) is 5.75 Å². The van der Waals surface area contributed by atoms with Crippen LogP contribution >= 0.6 is 12.2 Å². The Labute approximate surface area is 160 Å². The van der Waals surface area contributed by atoms with Crippen LogP contribution in [0.5, 0.6) is 5.75 Å². The highest BCUT2D eigenvalue weighted by Crippen LogP contribution is 2.18. The number of thiocarbonyl (C=S) groups is 1. The van der Waals surface area contributed by atoms with Crippen molar-refractivity contribution < 1.29 is 9.53 Å². The van der Waals surface area contributed by atoms with Crippen molar-refractivity contribution in [3.05, 3.63) is 66.2 Å². The fraction of sp³-hybridized carbons (Fsp3) is 0.238. The van der Waals surface area contributed by atoms with Crippen LogP contribution in [0.2, 0.25) is 0 Å². The van der Waals surface area contributed by atoms with Crippen LogP contribution in [0.3, 0.4) is 0 Å². The minimum absolute atomic E-state index is 0.243. The summed E-state index contributed by atoms with van der Waals surface area (Å²) < 4.78 is 5.73. The average Bonchev–Trinajstić information content (AvgIpc) is 2.61. The predicted molar refractivity (Wildman–Crippen MR) is 111 cm³/mol. The van der Waals surface area contributed by atoms with Gasteiger partial charge in [-0.15, -0.1) is 0 Å². The molecule has 0 fully saturated rings. The zero-order valence-electron chi connectivity index (χ0n) is 15.1. The van der Waals surface area contributed by atoms with Crippen molar-refractivity contribution in [1.82, 2.24) is 5.32 Å².